The minimum absolute atomic E-state index is 0.178. The molecule has 1 unspecified atom stereocenters. The molecule has 0 amide bonds. The molecule has 2 heterocycles. The number of rotatable bonds is 4. The molecule has 1 fully saturated rings. The summed E-state index contributed by atoms with van der Waals surface area (Å²) in [6, 6.07) is 7.44. The van der Waals surface area contributed by atoms with Crippen molar-refractivity contribution in [1.82, 2.24) is 15.3 Å². The lowest BCUT2D eigenvalue weighted by Gasteiger charge is -2.23. The van der Waals surface area contributed by atoms with Crippen LogP contribution in [0.3, 0.4) is 0 Å². The Labute approximate surface area is 124 Å². The number of piperidine rings is 1. The molecule has 2 N–H and O–H groups in total. The van der Waals surface area contributed by atoms with Crippen molar-refractivity contribution in [3.8, 4) is 22.9 Å². The largest absolute Gasteiger partial charge is 0.507 e. The van der Waals surface area contributed by atoms with Gasteiger partial charge in [-0.1, -0.05) is 18.6 Å². The van der Waals surface area contributed by atoms with Gasteiger partial charge in [-0.3, -0.25) is 0 Å². The first kappa shape index (κ1) is 13.8. The summed E-state index contributed by atoms with van der Waals surface area (Å²) in [6.07, 6.45) is 6.95. The van der Waals surface area contributed by atoms with Crippen molar-refractivity contribution in [3.63, 3.8) is 0 Å². The quantitative estimate of drug-likeness (QED) is 0.902. The predicted octanol–water partition coefficient (Wildman–Crippen LogP) is 2.37. The van der Waals surface area contributed by atoms with E-state index in [1.165, 1.54) is 12.8 Å². The van der Waals surface area contributed by atoms with Crippen LogP contribution in [0.1, 0.15) is 19.3 Å². The monoisotopic (exact) mass is 285 g/mol. The highest BCUT2D eigenvalue weighted by atomic mass is 16.5. The summed E-state index contributed by atoms with van der Waals surface area (Å²) in [4.78, 5) is 8.51. The fourth-order valence-electron chi connectivity index (χ4n) is 2.46. The summed E-state index contributed by atoms with van der Waals surface area (Å²) >= 11 is 0. The highest BCUT2D eigenvalue weighted by Crippen LogP contribution is 2.25. The number of ether oxygens (including phenoxy) is 1. The summed E-state index contributed by atoms with van der Waals surface area (Å²) in [7, 11) is 0. The van der Waals surface area contributed by atoms with Gasteiger partial charge in [0.1, 0.15) is 12.4 Å². The third-order valence-electron chi connectivity index (χ3n) is 3.64. The third-order valence-corrected chi connectivity index (χ3v) is 3.64. The predicted molar refractivity (Wildman–Crippen MR) is 80.3 cm³/mol. The number of nitrogens with one attached hydrogen (secondary N) is 1. The fraction of sp³-hybridized carbons (Fsp3) is 0.375. The number of phenolic OH excluding ortho intramolecular Hbond substituents is 1. The first-order chi connectivity index (χ1) is 10.3. The molecule has 0 saturated carbocycles. The summed E-state index contributed by atoms with van der Waals surface area (Å²) in [5.41, 5.74) is 0.623. The normalized spacial score (nSPS) is 18.4. The Bertz CT molecular complexity index is 580. The SMILES string of the molecule is Oc1ccccc1-c1ncc(OCC2CCCCN2)cn1. The first-order valence-electron chi connectivity index (χ1n) is 7.29. The maximum absolute atomic E-state index is 9.79. The Morgan fingerprint density at radius 1 is 1.19 bits per heavy atom. The van der Waals surface area contributed by atoms with Crippen molar-refractivity contribution in [1.29, 1.82) is 0 Å². The lowest BCUT2D eigenvalue weighted by molar-refractivity contribution is 0.237. The van der Waals surface area contributed by atoms with Crippen molar-refractivity contribution in [2.45, 2.75) is 25.3 Å². The van der Waals surface area contributed by atoms with E-state index >= 15 is 0 Å². The van der Waals surface area contributed by atoms with Gasteiger partial charge in [0.05, 0.1) is 18.0 Å². The van der Waals surface area contributed by atoms with Crippen LogP contribution in [0.25, 0.3) is 11.4 Å². The molecule has 0 bridgehead atoms. The minimum atomic E-state index is 0.178. The van der Waals surface area contributed by atoms with E-state index in [1.807, 2.05) is 6.07 Å². The Morgan fingerprint density at radius 2 is 2.00 bits per heavy atom. The van der Waals surface area contributed by atoms with Gasteiger partial charge in [0.15, 0.2) is 11.6 Å². The van der Waals surface area contributed by atoms with Crippen LogP contribution in [0.5, 0.6) is 11.5 Å². The summed E-state index contributed by atoms with van der Waals surface area (Å²) in [5, 5.41) is 13.2. The topological polar surface area (TPSA) is 67.3 Å². The van der Waals surface area contributed by atoms with Gasteiger partial charge in [0.25, 0.3) is 0 Å². The maximum atomic E-state index is 9.79. The molecule has 5 nitrogen and oxygen atoms in total. The van der Waals surface area contributed by atoms with E-state index in [0.29, 0.717) is 29.8 Å². The molecule has 21 heavy (non-hydrogen) atoms. The van der Waals surface area contributed by atoms with Gasteiger partial charge in [-0.2, -0.15) is 0 Å². The highest BCUT2D eigenvalue weighted by Gasteiger charge is 2.13. The lowest BCUT2D eigenvalue weighted by Crippen LogP contribution is -2.38. The minimum Gasteiger partial charge on any atom is -0.507 e. The van der Waals surface area contributed by atoms with Crippen molar-refractivity contribution in [2.75, 3.05) is 13.2 Å². The molecular weight excluding hydrogens is 266 g/mol. The number of aromatic hydroxyl groups is 1. The smallest absolute Gasteiger partial charge is 0.163 e. The van der Waals surface area contributed by atoms with Gasteiger partial charge in [0.2, 0.25) is 0 Å². The van der Waals surface area contributed by atoms with E-state index < -0.39 is 0 Å². The van der Waals surface area contributed by atoms with Crippen LogP contribution in [0.2, 0.25) is 0 Å². The van der Waals surface area contributed by atoms with Crippen molar-refractivity contribution >= 4 is 0 Å². The summed E-state index contributed by atoms with van der Waals surface area (Å²) in [6.45, 7) is 1.70. The van der Waals surface area contributed by atoms with Crippen molar-refractivity contribution < 1.29 is 9.84 Å². The average molecular weight is 285 g/mol. The Hall–Kier alpha value is -2.14. The molecule has 5 heteroatoms. The van der Waals surface area contributed by atoms with Gasteiger partial charge in [-0.05, 0) is 31.5 Å². The van der Waals surface area contributed by atoms with Gasteiger partial charge < -0.3 is 15.2 Å². The van der Waals surface area contributed by atoms with Crippen LogP contribution in [-0.2, 0) is 0 Å². The number of benzene rings is 1. The van der Waals surface area contributed by atoms with Crippen LogP contribution in [0.15, 0.2) is 36.7 Å². The molecule has 1 aliphatic heterocycles. The number of nitrogens with zero attached hydrogens (tertiary/aromatic N) is 2. The van der Waals surface area contributed by atoms with E-state index in [1.54, 1.807) is 30.6 Å². The molecule has 0 spiro atoms. The fourth-order valence-corrected chi connectivity index (χ4v) is 2.46. The molecule has 1 aliphatic rings. The number of para-hydroxylation sites is 1. The first-order valence-corrected chi connectivity index (χ1v) is 7.29. The maximum Gasteiger partial charge on any atom is 0.163 e. The third kappa shape index (κ3) is 3.49. The van der Waals surface area contributed by atoms with E-state index in [-0.39, 0.29) is 5.75 Å². The van der Waals surface area contributed by atoms with Gasteiger partial charge >= 0.3 is 0 Å². The zero-order valence-electron chi connectivity index (χ0n) is 11.8. The van der Waals surface area contributed by atoms with E-state index in [4.69, 9.17) is 4.74 Å². The van der Waals surface area contributed by atoms with Gasteiger partial charge in [-0.15, -0.1) is 0 Å². The second-order valence-corrected chi connectivity index (χ2v) is 5.22. The average Bonchev–Trinajstić information content (AvgIpc) is 2.55. The lowest BCUT2D eigenvalue weighted by atomic mass is 10.1. The number of hydrogen-bond donors (Lipinski definition) is 2. The zero-order chi connectivity index (χ0) is 14.5. The molecule has 1 aromatic carbocycles. The van der Waals surface area contributed by atoms with E-state index in [9.17, 15) is 5.11 Å². The van der Waals surface area contributed by atoms with Crippen LogP contribution < -0.4 is 10.1 Å². The highest BCUT2D eigenvalue weighted by molar-refractivity contribution is 5.63. The molecule has 3 rings (SSSR count). The Kier molecular flexibility index (Phi) is 4.31. The van der Waals surface area contributed by atoms with Crippen LogP contribution in [0.4, 0.5) is 0 Å². The van der Waals surface area contributed by atoms with E-state index in [2.05, 4.69) is 15.3 Å². The molecule has 110 valence electrons. The van der Waals surface area contributed by atoms with E-state index in [0.717, 1.165) is 13.0 Å². The summed E-state index contributed by atoms with van der Waals surface area (Å²) in [5.74, 6) is 1.33. The Balaban J connectivity index is 1.63. The van der Waals surface area contributed by atoms with Crippen molar-refractivity contribution in [2.24, 2.45) is 0 Å². The molecule has 2 aromatic rings. The number of aromatic nitrogens is 2. The van der Waals surface area contributed by atoms with Crippen molar-refractivity contribution in [3.05, 3.63) is 36.7 Å². The molecule has 0 radical (unpaired) electrons. The van der Waals surface area contributed by atoms with Crippen LogP contribution >= 0.6 is 0 Å². The molecule has 0 aliphatic carbocycles. The van der Waals surface area contributed by atoms with Gasteiger partial charge in [-0.25, -0.2) is 9.97 Å². The summed E-state index contributed by atoms with van der Waals surface area (Å²) < 4.78 is 5.72. The van der Waals surface area contributed by atoms with Gasteiger partial charge in [0, 0.05) is 6.04 Å². The number of phenols is 1. The standard InChI is InChI=1S/C16H19N3O2/c20-15-7-2-1-6-14(15)16-18-9-13(10-19-16)21-11-12-5-3-4-8-17-12/h1-2,6-7,9-10,12,17,20H,3-5,8,11H2. The molecule has 1 aromatic heterocycles. The van der Waals surface area contributed by atoms with Crippen LogP contribution in [0, 0.1) is 0 Å². The zero-order valence-corrected chi connectivity index (χ0v) is 11.8. The second-order valence-electron chi connectivity index (χ2n) is 5.22. The number of hydrogen-bond acceptors (Lipinski definition) is 5. The van der Waals surface area contributed by atoms with Crippen LogP contribution in [-0.4, -0.2) is 34.3 Å². The Morgan fingerprint density at radius 3 is 2.71 bits per heavy atom. The molecular formula is C16H19N3O2. The molecule has 1 atom stereocenters. The molecule has 1 saturated heterocycles. The second kappa shape index (κ2) is 6.54.